The van der Waals surface area contributed by atoms with E-state index in [2.05, 4.69) is 20.2 Å². The fourth-order valence-corrected chi connectivity index (χ4v) is 3.08. The molecule has 0 unspecified atom stereocenters. The molecule has 2 aromatic heterocycles. The van der Waals surface area contributed by atoms with Crippen molar-refractivity contribution in [3.05, 3.63) is 42.2 Å². The van der Waals surface area contributed by atoms with Crippen LogP contribution in [0.4, 0.5) is 5.82 Å². The molecule has 0 saturated carbocycles. The summed E-state index contributed by atoms with van der Waals surface area (Å²) in [5.74, 6) is 1.06. The van der Waals surface area contributed by atoms with Crippen molar-refractivity contribution in [1.82, 2.24) is 15.3 Å². The molecule has 0 aromatic carbocycles. The summed E-state index contributed by atoms with van der Waals surface area (Å²) in [4.78, 5) is 22.8. The van der Waals surface area contributed by atoms with Gasteiger partial charge in [-0.15, -0.1) is 0 Å². The molecule has 0 bridgehead atoms. The van der Waals surface area contributed by atoms with Gasteiger partial charge >= 0.3 is 0 Å². The first-order chi connectivity index (χ1) is 11.7. The van der Waals surface area contributed by atoms with Gasteiger partial charge in [0.25, 0.3) is 5.91 Å². The van der Waals surface area contributed by atoms with Crippen molar-refractivity contribution in [3.63, 3.8) is 0 Å². The smallest absolute Gasteiger partial charge is 0.287 e. The van der Waals surface area contributed by atoms with E-state index in [0.717, 1.165) is 30.8 Å². The molecule has 1 amide bonds. The van der Waals surface area contributed by atoms with E-state index in [1.807, 2.05) is 19.1 Å². The summed E-state index contributed by atoms with van der Waals surface area (Å²) in [5, 5.41) is 2.97. The maximum atomic E-state index is 12.4. The number of hydrogen-bond donors (Lipinski definition) is 1. The molecular formula is C17H22N4O3. The minimum absolute atomic E-state index is 0.119. The predicted molar refractivity (Wildman–Crippen MR) is 89.0 cm³/mol. The van der Waals surface area contributed by atoms with Gasteiger partial charge < -0.3 is 19.4 Å². The maximum Gasteiger partial charge on any atom is 0.287 e. The Morgan fingerprint density at radius 1 is 1.50 bits per heavy atom. The molecule has 3 heterocycles. The number of aryl methyl sites for hydroxylation is 1. The summed E-state index contributed by atoms with van der Waals surface area (Å²) < 4.78 is 10.8. The summed E-state index contributed by atoms with van der Waals surface area (Å²) >= 11 is 0. The lowest BCUT2D eigenvalue weighted by molar-refractivity contribution is 0.0918. The number of carbonyl (C=O) groups excluding carboxylic acids is 1. The fraction of sp³-hybridized carbons (Fsp3) is 0.471. The zero-order chi connectivity index (χ0) is 16.9. The quantitative estimate of drug-likeness (QED) is 0.867. The minimum atomic E-state index is -0.180. The summed E-state index contributed by atoms with van der Waals surface area (Å²) in [6.07, 6.45) is 6.52. The standard InChI is InChI=1S/C17H22N4O3/c1-3-12-5-7-24-16(12)17(22)19-9-13-8-14(23-2)10-21(13)15-4-6-18-11-20-15/h4-7,11,13-14H,3,8-10H2,1-2H3,(H,19,22)/t13-,14-/m1/s1. The van der Waals surface area contributed by atoms with Crippen molar-refractivity contribution in [1.29, 1.82) is 0 Å². The second-order valence-corrected chi connectivity index (χ2v) is 5.81. The molecule has 1 aliphatic rings. The van der Waals surface area contributed by atoms with Crippen molar-refractivity contribution in [3.8, 4) is 0 Å². The molecule has 2 aromatic rings. The van der Waals surface area contributed by atoms with Gasteiger partial charge in [0.15, 0.2) is 5.76 Å². The fourth-order valence-electron chi connectivity index (χ4n) is 3.08. The zero-order valence-electron chi connectivity index (χ0n) is 13.9. The molecule has 7 nitrogen and oxygen atoms in total. The Morgan fingerprint density at radius 3 is 3.08 bits per heavy atom. The number of anilines is 1. The number of nitrogens with one attached hydrogen (secondary N) is 1. The molecule has 1 fully saturated rings. The van der Waals surface area contributed by atoms with Crippen LogP contribution in [-0.2, 0) is 11.2 Å². The summed E-state index contributed by atoms with van der Waals surface area (Å²) in [7, 11) is 1.71. The van der Waals surface area contributed by atoms with E-state index in [0.29, 0.717) is 12.3 Å². The number of carbonyl (C=O) groups is 1. The number of hydrogen-bond acceptors (Lipinski definition) is 6. The number of furan rings is 1. The van der Waals surface area contributed by atoms with Crippen molar-refractivity contribution in [2.24, 2.45) is 0 Å². The molecule has 2 atom stereocenters. The Hall–Kier alpha value is -2.41. The van der Waals surface area contributed by atoms with Crippen LogP contribution in [0, 0.1) is 0 Å². The van der Waals surface area contributed by atoms with E-state index in [-0.39, 0.29) is 18.1 Å². The van der Waals surface area contributed by atoms with Gasteiger partial charge in [-0.25, -0.2) is 9.97 Å². The molecule has 3 rings (SSSR count). The van der Waals surface area contributed by atoms with Crippen LogP contribution in [0.3, 0.4) is 0 Å². The molecule has 7 heteroatoms. The molecule has 1 aliphatic heterocycles. The monoisotopic (exact) mass is 330 g/mol. The highest BCUT2D eigenvalue weighted by Crippen LogP contribution is 2.24. The molecule has 0 radical (unpaired) electrons. The third kappa shape index (κ3) is 3.41. The van der Waals surface area contributed by atoms with E-state index in [1.54, 1.807) is 19.6 Å². The zero-order valence-corrected chi connectivity index (χ0v) is 13.9. The summed E-state index contributed by atoms with van der Waals surface area (Å²) in [6.45, 7) is 3.25. The van der Waals surface area contributed by atoms with Crippen molar-refractivity contribution in [2.75, 3.05) is 25.1 Å². The Kier molecular flexibility index (Phi) is 5.10. The van der Waals surface area contributed by atoms with Gasteiger partial charge in [0, 0.05) is 32.0 Å². The Labute approximate surface area is 141 Å². The number of aromatic nitrogens is 2. The van der Waals surface area contributed by atoms with Gasteiger partial charge in [-0.2, -0.15) is 0 Å². The summed E-state index contributed by atoms with van der Waals surface area (Å²) in [5.41, 5.74) is 0.918. The minimum Gasteiger partial charge on any atom is -0.459 e. The highest BCUT2D eigenvalue weighted by Gasteiger charge is 2.33. The molecular weight excluding hydrogens is 308 g/mol. The molecule has 128 valence electrons. The van der Waals surface area contributed by atoms with Gasteiger partial charge in [0.1, 0.15) is 12.1 Å². The van der Waals surface area contributed by atoms with Gasteiger partial charge in [-0.1, -0.05) is 6.92 Å². The van der Waals surface area contributed by atoms with Crippen molar-refractivity contribution < 1.29 is 13.9 Å². The third-order valence-electron chi connectivity index (χ3n) is 4.40. The Bertz CT molecular complexity index is 673. The van der Waals surface area contributed by atoms with Crippen LogP contribution in [0.2, 0.25) is 0 Å². The van der Waals surface area contributed by atoms with Crippen LogP contribution in [0.5, 0.6) is 0 Å². The average molecular weight is 330 g/mol. The largest absolute Gasteiger partial charge is 0.459 e. The van der Waals surface area contributed by atoms with E-state index in [4.69, 9.17) is 9.15 Å². The van der Waals surface area contributed by atoms with Gasteiger partial charge in [-0.05, 0) is 25.0 Å². The number of amides is 1. The van der Waals surface area contributed by atoms with E-state index >= 15 is 0 Å². The second-order valence-electron chi connectivity index (χ2n) is 5.81. The molecule has 1 N–H and O–H groups in total. The highest BCUT2D eigenvalue weighted by molar-refractivity contribution is 5.92. The number of nitrogens with zero attached hydrogens (tertiary/aromatic N) is 3. The van der Waals surface area contributed by atoms with Crippen LogP contribution in [0.25, 0.3) is 0 Å². The second kappa shape index (κ2) is 7.44. The maximum absolute atomic E-state index is 12.4. The van der Waals surface area contributed by atoms with Crippen LogP contribution in [-0.4, -0.2) is 48.2 Å². The third-order valence-corrected chi connectivity index (χ3v) is 4.40. The van der Waals surface area contributed by atoms with E-state index in [9.17, 15) is 4.79 Å². The summed E-state index contributed by atoms with van der Waals surface area (Å²) in [6, 6.07) is 3.82. The molecule has 0 spiro atoms. The van der Waals surface area contributed by atoms with E-state index in [1.165, 1.54) is 6.33 Å². The lowest BCUT2D eigenvalue weighted by Gasteiger charge is -2.25. The topological polar surface area (TPSA) is 80.5 Å². The van der Waals surface area contributed by atoms with Crippen molar-refractivity contribution in [2.45, 2.75) is 31.9 Å². The lowest BCUT2D eigenvalue weighted by Crippen LogP contribution is -2.40. The van der Waals surface area contributed by atoms with Gasteiger partial charge in [-0.3, -0.25) is 4.79 Å². The first-order valence-corrected chi connectivity index (χ1v) is 8.13. The van der Waals surface area contributed by atoms with E-state index < -0.39 is 0 Å². The highest BCUT2D eigenvalue weighted by atomic mass is 16.5. The van der Waals surface area contributed by atoms with Crippen LogP contribution >= 0.6 is 0 Å². The first-order valence-electron chi connectivity index (χ1n) is 8.13. The normalized spacial score (nSPS) is 20.3. The lowest BCUT2D eigenvalue weighted by atomic mass is 10.1. The number of methoxy groups -OCH3 is 1. The molecule has 0 aliphatic carbocycles. The van der Waals surface area contributed by atoms with Crippen LogP contribution in [0.15, 0.2) is 35.3 Å². The Morgan fingerprint density at radius 2 is 2.38 bits per heavy atom. The SMILES string of the molecule is CCc1ccoc1C(=O)NC[C@H]1C[C@@H](OC)CN1c1ccncn1. The Balaban J connectivity index is 1.67. The first kappa shape index (κ1) is 16.4. The van der Waals surface area contributed by atoms with Gasteiger partial charge in [0.2, 0.25) is 0 Å². The molecule has 1 saturated heterocycles. The van der Waals surface area contributed by atoms with Crippen LogP contribution < -0.4 is 10.2 Å². The molecule has 24 heavy (non-hydrogen) atoms. The predicted octanol–water partition coefficient (Wildman–Crippen LogP) is 1.66. The number of rotatable bonds is 6. The van der Waals surface area contributed by atoms with Gasteiger partial charge in [0.05, 0.1) is 18.4 Å². The van der Waals surface area contributed by atoms with Crippen LogP contribution in [0.1, 0.15) is 29.5 Å². The average Bonchev–Trinajstić information content (AvgIpc) is 3.26. The van der Waals surface area contributed by atoms with Crippen molar-refractivity contribution >= 4 is 11.7 Å². The number of ether oxygens (including phenoxy) is 1.